The van der Waals surface area contributed by atoms with Crippen LogP contribution in [0.4, 0.5) is 0 Å². The van der Waals surface area contributed by atoms with Gasteiger partial charge in [0.05, 0.1) is 12.0 Å². The van der Waals surface area contributed by atoms with Crippen LogP contribution in [0.3, 0.4) is 0 Å². The molecule has 3 aromatic heterocycles. The Bertz CT molecular complexity index is 760. The first-order chi connectivity index (χ1) is 9.20. The fourth-order valence-corrected chi connectivity index (χ4v) is 2.76. The lowest BCUT2D eigenvalue weighted by Crippen LogP contribution is -2.08. The summed E-state index contributed by atoms with van der Waals surface area (Å²) < 4.78 is 6.52. The van der Waals surface area contributed by atoms with Crippen LogP contribution in [0.1, 0.15) is 15.4 Å². The second-order valence-corrected chi connectivity index (χ2v) is 5.32. The Morgan fingerprint density at radius 2 is 2.11 bits per heavy atom. The van der Waals surface area contributed by atoms with Crippen LogP contribution >= 0.6 is 11.3 Å². The lowest BCUT2D eigenvalue weighted by molar-refractivity contribution is 0.0592. The molecule has 0 aliphatic rings. The third-order valence-corrected chi connectivity index (χ3v) is 3.78. The van der Waals surface area contributed by atoms with Crippen molar-refractivity contribution in [3.63, 3.8) is 0 Å². The minimum absolute atomic E-state index is 0.403. The van der Waals surface area contributed by atoms with Crippen LogP contribution in [0.15, 0.2) is 30.3 Å². The molecule has 6 heteroatoms. The van der Waals surface area contributed by atoms with E-state index in [0.29, 0.717) is 17.2 Å². The lowest BCUT2D eigenvalue weighted by Gasteiger charge is -2.04. The molecule has 0 aliphatic heterocycles. The molecule has 96 valence electrons. The molecular weight excluding hydrogens is 262 g/mol. The average molecular weight is 273 g/mol. The molecule has 0 aliphatic carbocycles. The van der Waals surface area contributed by atoms with Crippen molar-refractivity contribution in [1.29, 1.82) is 0 Å². The number of aryl methyl sites for hydroxylation is 1. The summed E-state index contributed by atoms with van der Waals surface area (Å²) in [6, 6.07) is 9.27. The number of esters is 1. The van der Waals surface area contributed by atoms with Gasteiger partial charge in [0, 0.05) is 4.88 Å². The van der Waals surface area contributed by atoms with E-state index in [-0.39, 0.29) is 0 Å². The number of nitrogens with zero attached hydrogens (tertiary/aromatic N) is 3. The molecule has 3 aromatic rings. The van der Waals surface area contributed by atoms with Gasteiger partial charge in [0.1, 0.15) is 5.69 Å². The Kier molecular flexibility index (Phi) is 2.79. The van der Waals surface area contributed by atoms with E-state index < -0.39 is 5.97 Å². The third-order valence-electron chi connectivity index (χ3n) is 2.78. The number of carbonyl (C=O) groups is 1. The first-order valence-corrected chi connectivity index (χ1v) is 6.51. The molecule has 0 unspecified atom stereocenters. The van der Waals surface area contributed by atoms with E-state index in [1.165, 1.54) is 12.0 Å². The lowest BCUT2D eigenvalue weighted by atomic mass is 10.3. The summed E-state index contributed by atoms with van der Waals surface area (Å²) in [5.41, 5.74) is 1.05. The van der Waals surface area contributed by atoms with Crippen LogP contribution < -0.4 is 0 Å². The van der Waals surface area contributed by atoms with Crippen molar-refractivity contribution in [1.82, 2.24) is 14.6 Å². The molecule has 0 saturated heterocycles. The highest BCUT2D eigenvalue weighted by atomic mass is 32.1. The maximum Gasteiger partial charge on any atom is 0.355 e. The van der Waals surface area contributed by atoms with Gasteiger partial charge in [0.2, 0.25) is 0 Å². The highest BCUT2D eigenvalue weighted by Gasteiger charge is 2.17. The molecule has 0 N–H and O–H groups in total. The van der Waals surface area contributed by atoms with Crippen molar-refractivity contribution in [2.75, 3.05) is 7.11 Å². The smallest absolute Gasteiger partial charge is 0.355 e. The molecular formula is C13H11N3O2S. The maximum atomic E-state index is 11.8. The number of fused-ring (bicyclic) bond motifs is 1. The quantitative estimate of drug-likeness (QED) is 0.673. The second kappa shape index (κ2) is 4.47. The monoisotopic (exact) mass is 273 g/mol. The number of rotatable bonds is 2. The molecule has 0 spiro atoms. The molecule has 0 aromatic carbocycles. The van der Waals surface area contributed by atoms with Crippen LogP contribution in [0.5, 0.6) is 0 Å². The zero-order valence-electron chi connectivity index (χ0n) is 10.5. The molecule has 0 bridgehead atoms. The summed E-state index contributed by atoms with van der Waals surface area (Å²) in [5, 5.41) is 8.27. The molecule has 5 nitrogen and oxygen atoms in total. The first kappa shape index (κ1) is 11.9. The zero-order chi connectivity index (χ0) is 13.4. The van der Waals surface area contributed by atoms with E-state index >= 15 is 0 Å². The summed E-state index contributed by atoms with van der Waals surface area (Å²) in [6.45, 7) is 2.03. The normalized spacial score (nSPS) is 10.8. The van der Waals surface area contributed by atoms with Gasteiger partial charge >= 0.3 is 5.97 Å². The third kappa shape index (κ3) is 1.90. The van der Waals surface area contributed by atoms with E-state index in [0.717, 1.165) is 4.88 Å². The molecule has 0 radical (unpaired) electrons. The summed E-state index contributed by atoms with van der Waals surface area (Å²) in [7, 11) is 1.36. The first-order valence-electron chi connectivity index (χ1n) is 5.70. The molecule has 0 amide bonds. The minimum atomic E-state index is -0.403. The number of hydrogen-bond donors (Lipinski definition) is 0. The summed E-state index contributed by atoms with van der Waals surface area (Å²) in [5.74, 6) is 0.258. The summed E-state index contributed by atoms with van der Waals surface area (Å²) in [6.07, 6.45) is 0. The van der Waals surface area contributed by atoms with Gasteiger partial charge in [-0.2, -0.15) is 0 Å². The Balaban J connectivity index is 2.29. The van der Waals surface area contributed by atoms with Gasteiger partial charge in [-0.15, -0.1) is 21.5 Å². The van der Waals surface area contributed by atoms with Crippen LogP contribution in [-0.4, -0.2) is 27.7 Å². The fraction of sp³-hybridized carbons (Fsp3) is 0.154. The van der Waals surface area contributed by atoms with Crippen molar-refractivity contribution < 1.29 is 9.53 Å². The highest BCUT2D eigenvalue weighted by molar-refractivity contribution is 7.15. The molecule has 3 heterocycles. The van der Waals surface area contributed by atoms with Gasteiger partial charge in [0.25, 0.3) is 0 Å². The SMILES string of the molecule is COC(=O)c1cccc2nnc(-c3ccc(C)s3)n12. The number of aromatic nitrogens is 3. The number of methoxy groups -OCH3 is 1. The van der Waals surface area contributed by atoms with Crippen LogP contribution in [0.2, 0.25) is 0 Å². The molecule has 0 atom stereocenters. The second-order valence-electron chi connectivity index (χ2n) is 4.03. The Labute approximate surface area is 113 Å². The summed E-state index contributed by atoms with van der Waals surface area (Å²) in [4.78, 5) is 14.0. The summed E-state index contributed by atoms with van der Waals surface area (Å²) >= 11 is 1.61. The van der Waals surface area contributed by atoms with Crippen LogP contribution in [0, 0.1) is 6.92 Å². The number of pyridine rings is 1. The topological polar surface area (TPSA) is 56.5 Å². The number of carbonyl (C=O) groups excluding carboxylic acids is 1. The Morgan fingerprint density at radius 1 is 1.26 bits per heavy atom. The van der Waals surface area contributed by atoms with E-state index in [1.807, 2.05) is 25.1 Å². The standard InChI is InChI=1S/C13H11N3O2S/c1-8-6-7-10(19-8)12-15-14-11-5-3-4-9(16(11)12)13(17)18-2/h3-7H,1-2H3. The van der Waals surface area contributed by atoms with E-state index in [2.05, 4.69) is 10.2 Å². The van der Waals surface area contributed by atoms with E-state index in [1.54, 1.807) is 27.9 Å². The molecule has 0 fully saturated rings. The van der Waals surface area contributed by atoms with Crippen molar-refractivity contribution in [2.45, 2.75) is 6.92 Å². The van der Waals surface area contributed by atoms with Crippen molar-refractivity contribution in [2.24, 2.45) is 0 Å². The molecule has 19 heavy (non-hydrogen) atoms. The van der Waals surface area contributed by atoms with Crippen molar-refractivity contribution in [3.8, 4) is 10.7 Å². The minimum Gasteiger partial charge on any atom is -0.464 e. The van der Waals surface area contributed by atoms with Gasteiger partial charge in [0.15, 0.2) is 11.5 Å². The number of thiophene rings is 1. The van der Waals surface area contributed by atoms with Crippen molar-refractivity contribution >= 4 is 23.0 Å². The van der Waals surface area contributed by atoms with Gasteiger partial charge < -0.3 is 4.74 Å². The average Bonchev–Trinajstić information content (AvgIpc) is 3.03. The predicted octanol–water partition coefficient (Wildman–Crippen LogP) is 2.55. The van der Waals surface area contributed by atoms with E-state index in [4.69, 9.17) is 4.74 Å². The van der Waals surface area contributed by atoms with Crippen LogP contribution in [0.25, 0.3) is 16.3 Å². The predicted molar refractivity (Wildman–Crippen MR) is 72.4 cm³/mol. The highest BCUT2D eigenvalue weighted by Crippen LogP contribution is 2.27. The van der Waals surface area contributed by atoms with E-state index in [9.17, 15) is 4.79 Å². The van der Waals surface area contributed by atoms with Gasteiger partial charge in [-0.1, -0.05) is 6.07 Å². The maximum absolute atomic E-state index is 11.8. The van der Waals surface area contributed by atoms with Crippen molar-refractivity contribution in [3.05, 3.63) is 40.9 Å². The molecule has 0 saturated carbocycles. The Morgan fingerprint density at radius 3 is 2.79 bits per heavy atom. The number of ether oxygens (including phenoxy) is 1. The number of hydrogen-bond acceptors (Lipinski definition) is 5. The van der Waals surface area contributed by atoms with Gasteiger partial charge in [-0.3, -0.25) is 4.40 Å². The largest absolute Gasteiger partial charge is 0.464 e. The fourth-order valence-electron chi connectivity index (χ4n) is 1.92. The Hall–Kier alpha value is -2.21. The molecule has 3 rings (SSSR count). The zero-order valence-corrected chi connectivity index (χ0v) is 11.3. The van der Waals surface area contributed by atoms with Gasteiger partial charge in [-0.05, 0) is 31.2 Å². The van der Waals surface area contributed by atoms with Gasteiger partial charge in [-0.25, -0.2) is 4.79 Å². The van der Waals surface area contributed by atoms with Crippen LogP contribution in [-0.2, 0) is 4.74 Å².